The van der Waals surface area contributed by atoms with Crippen molar-refractivity contribution in [2.24, 2.45) is 0 Å². The van der Waals surface area contributed by atoms with E-state index in [1.54, 1.807) is 6.07 Å². The van der Waals surface area contributed by atoms with E-state index in [-0.39, 0.29) is 10.6 Å². The number of hydrogen-bond donors (Lipinski definition) is 4. The Bertz CT molecular complexity index is 997. The van der Waals surface area contributed by atoms with Gasteiger partial charge in [0.25, 0.3) is 0 Å². The number of thiazole rings is 1. The van der Waals surface area contributed by atoms with Crippen LogP contribution in [0.2, 0.25) is 0 Å². The third-order valence-electron chi connectivity index (χ3n) is 5.30. The van der Waals surface area contributed by atoms with Gasteiger partial charge in [0, 0.05) is 12.1 Å². The molecule has 0 aliphatic heterocycles. The number of aliphatic hydroxyl groups excluding tert-OH is 1. The van der Waals surface area contributed by atoms with Crippen molar-refractivity contribution in [3.8, 4) is 5.75 Å². The maximum Gasteiger partial charge on any atom is 0.305 e. The molecule has 1 atom stereocenters. The Balaban J connectivity index is 1.34. The molecule has 1 aromatic carbocycles. The first-order valence-electron chi connectivity index (χ1n) is 9.43. The number of aliphatic hydroxyl groups is 1. The number of aromatic hydroxyl groups is 1. The number of aromatic nitrogens is 1. The Labute approximate surface area is 161 Å². The molecule has 4 N–H and O–H groups in total. The van der Waals surface area contributed by atoms with E-state index in [1.165, 1.54) is 42.0 Å². The predicted molar refractivity (Wildman–Crippen MR) is 109 cm³/mol. The van der Waals surface area contributed by atoms with Crippen LogP contribution in [0.3, 0.4) is 0 Å². The van der Waals surface area contributed by atoms with Crippen molar-refractivity contribution in [1.29, 1.82) is 0 Å². The number of hydrogen-bond acceptors (Lipinski definition) is 5. The van der Waals surface area contributed by atoms with Crippen LogP contribution in [0.5, 0.6) is 5.75 Å². The van der Waals surface area contributed by atoms with Crippen LogP contribution in [-0.2, 0) is 0 Å². The molecule has 27 heavy (non-hydrogen) atoms. The van der Waals surface area contributed by atoms with Crippen LogP contribution in [0.1, 0.15) is 43.8 Å². The van der Waals surface area contributed by atoms with E-state index >= 15 is 0 Å². The minimum atomic E-state index is -0.729. The fourth-order valence-corrected chi connectivity index (χ4v) is 4.75. The molecule has 0 fully saturated rings. The average Bonchev–Trinajstić information content (AvgIpc) is 3.07. The highest BCUT2D eigenvalue weighted by molar-refractivity contribution is 7.16. The summed E-state index contributed by atoms with van der Waals surface area (Å²) in [7, 11) is 0. The number of phenols is 1. The highest BCUT2D eigenvalue weighted by atomic mass is 32.1. The van der Waals surface area contributed by atoms with Crippen molar-refractivity contribution in [2.45, 2.75) is 38.2 Å². The van der Waals surface area contributed by atoms with Gasteiger partial charge in [-0.15, -0.1) is 0 Å². The molecule has 5 nitrogen and oxygen atoms in total. The summed E-state index contributed by atoms with van der Waals surface area (Å²) in [6.07, 6.45) is 11.8. The molecule has 2 aliphatic rings. The predicted octanol–water partition coefficient (Wildman–Crippen LogP) is 3.68. The van der Waals surface area contributed by atoms with Crippen LogP contribution in [0.4, 0.5) is 0 Å². The van der Waals surface area contributed by atoms with E-state index < -0.39 is 6.10 Å². The Morgan fingerprint density at radius 3 is 3.04 bits per heavy atom. The summed E-state index contributed by atoms with van der Waals surface area (Å²) in [5, 5.41) is 23.7. The van der Waals surface area contributed by atoms with Gasteiger partial charge in [0.1, 0.15) is 11.3 Å². The molecule has 0 spiro atoms. The molecule has 1 aromatic heterocycles. The van der Waals surface area contributed by atoms with Crippen LogP contribution < -0.4 is 10.2 Å². The molecule has 0 unspecified atom stereocenters. The van der Waals surface area contributed by atoms with E-state index in [4.69, 9.17) is 0 Å². The summed E-state index contributed by atoms with van der Waals surface area (Å²) >= 11 is 1.01. The van der Waals surface area contributed by atoms with Gasteiger partial charge in [-0.2, -0.15) is 0 Å². The van der Waals surface area contributed by atoms with Gasteiger partial charge in [0.15, 0.2) is 0 Å². The van der Waals surface area contributed by atoms with Crippen LogP contribution in [0, 0.1) is 0 Å². The molecule has 1 heterocycles. The van der Waals surface area contributed by atoms with Gasteiger partial charge in [-0.1, -0.05) is 41.2 Å². The minimum absolute atomic E-state index is 0.0286. The molecule has 2 aliphatic carbocycles. The van der Waals surface area contributed by atoms with Crippen molar-refractivity contribution < 1.29 is 10.2 Å². The normalized spacial score (nSPS) is 17.9. The number of benzene rings is 1. The first-order valence-corrected chi connectivity index (χ1v) is 10.2. The fourth-order valence-electron chi connectivity index (χ4n) is 3.83. The number of nitrogens with one attached hydrogen (secondary N) is 2. The summed E-state index contributed by atoms with van der Waals surface area (Å²) < 4.78 is 0.617. The van der Waals surface area contributed by atoms with Crippen molar-refractivity contribution in [3.05, 3.63) is 62.3 Å². The molecule has 0 amide bonds. The third kappa shape index (κ3) is 3.93. The highest BCUT2D eigenvalue weighted by Crippen LogP contribution is 2.33. The van der Waals surface area contributed by atoms with Crippen molar-refractivity contribution >= 4 is 21.6 Å². The van der Waals surface area contributed by atoms with E-state index in [1.807, 2.05) is 0 Å². The van der Waals surface area contributed by atoms with Crippen LogP contribution in [-0.4, -0.2) is 28.3 Å². The molecule has 142 valence electrons. The topological polar surface area (TPSA) is 85.4 Å². The molecule has 0 saturated carbocycles. The Morgan fingerprint density at radius 2 is 2.15 bits per heavy atom. The summed E-state index contributed by atoms with van der Waals surface area (Å²) in [6, 6.07) is 3.19. The molecule has 0 bridgehead atoms. The lowest BCUT2D eigenvalue weighted by molar-refractivity contribution is 0.176. The van der Waals surface area contributed by atoms with Gasteiger partial charge in [-0.05, 0) is 55.9 Å². The first kappa shape index (κ1) is 18.2. The highest BCUT2D eigenvalue weighted by Gasteiger charge is 2.17. The number of allylic oxidation sites excluding steroid dienone is 5. The zero-order chi connectivity index (χ0) is 18.8. The number of H-pyrrole nitrogens is 1. The van der Waals surface area contributed by atoms with Crippen molar-refractivity contribution in [1.82, 2.24) is 10.3 Å². The zero-order valence-electron chi connectivity index (χ0n) is 15.1. The van der Waals surface area contributed by atoms with E-state index in [0.29, 0.717) is 22.3 Å². The number of aromatic amines is 1. The van der Waals surface area contributed by atoms with Gasteiger partial charge in [0.2, 0.25) is 0 Å². The number of fused-ring (bicyclic) bond motifs is 2. The second-order valence-corrected chi connectivity index (χ2v) is 8.16. The van der Waals surface area contributed by atoms with Crippen LogP contribution >= 0.6 is 11.3 Å². The molecular formula is C21H24N2O3S. The molecule has 6 heteroatoms. The third-order valence-corrected chi connectivity index (χ3v) is 6.23. The van der Waals surface area contributed by atoms with Crippen molar-refractivity contribution in [2.75, 3.05) is 13.1 Å². The van der Waals surface area contributed by atoms with Gasteiger partial charge in [0.05, 0.1) is 10.8 Å². The van der Waals surface area contributed by atoms with Gasteiger partial charge in [-0.3, -0.25) is 4.79 Å². The lowest BCUT2D eigenvalue weighted by Crippen LogP contribution is -2.23. The van der Waals surface area contributed by atoms with E-state index in [9.17, 15) is 15.0 Å². The standard InChI is InChI=1S/C21H24N2O3S/c24-17-8-7-16(20-19(17)23-21(26)27-20)18(25)12-22-10-9-13-5-6-14-3-1-2-4-15(14)11-13/h4-8,18,22,24-25H,1-3,9-12H2,(H,23,26)/t18-/m0/s1. The molecule has 2 aromatic rings. The maximum atomic E-state index is 11.6. The second kappa shape index (κ2) is 7.84. The summed E-state index contributed by atoms with van der Waals surface area (Å²) in [4.78, 5) is 14.0. The lowest BCUT2D eigenvalue weighted by Gasteiger charge is -2.22. The summed E-state index contributed by atoms with van der Waals surface area (Å²) in [5.74, 6) is 0.0286. The SMILES string of the molecule is O=c1[nH]c2c(O)ccc([C@@H](O)CNCCC3=CC=C4CCCC=C4C3)c2s1. The van der Waals surface area contributed by atoms with Gasteiger partial charge >= 0.3 is 4.87 Å². The monoisotopic (exact) mass is 384 g/mol. The minimum Gasteiger partial charge on any atom is -0.506 e. The Kier molecular flexibility index (Phi) is 5.29. The first-order chi connectivity index (χ1) is 13.1. The van der Waals surface area contributed by atoms with E-state index in [2.05, 4.69) is 28.5 Å². The van der Waals surface area contributed by atoms with Gasteiger partial charge in [-0.25, -0.2) is 0 Å². The van der Waals surface area contributed by atoms with Crippen LogP contribution in [0.15, 0.2) is 51.9 Å². The largest absolute Gasteiger partial charge is 0.506 e. The summed E-state index contributed by atoms with van der Waals surface area (Å²) in [6.45, 7) is 1.20. The summed E-state index contributed by atoms with van der Waals surface area (Å²) in [5.41, 5.74) is 5.47. The maximum absolute atomic E-state index is 11.6. The quantitative estimate of drug-likeness (QED) is 0.573. The Morgan fingerprint density at radius 1 is 1.26 bits per heavy atom. The molecule has 4 rings (SSSR count). The second-order valence-electron chi connectivity index (χ2n) is 7.18. The average molecular weight is 385 g/mol. The molecular weight excluding hydrogens is 360 g/mol. The van der Waals surface area contributed by atoms with Gasteiger partial charge < -0.3 is 20.5 Å². The molecule has 0 radical (unpaired) electrons. The number of rotatable bonds is 6. The molecule has 0 saturated heterocycles. The van der Waals surface area contributed by atoms with E-state index in [0.717, 1.165) is 30.7 Å². The van der Waals surface area contributed by atoms with Crippen LogP contribution in [0.25, 0.3) is 10.2 Å². The lowest BCUT2D eigenvalue weighted by atomic mass is 9.84. The van der Waals surface area contributed by atoms with Crippen molar-refractivity contribution in [3.63, 3.8) is 0 Å². The fraction of sp³-hybridized carbons (Fsp3) is 0.381. The Hall–Kier alpha value is -2.15. The number of phenolic OH excluding ortho intramolecular Hbond substituents is 1. The smallest absolute Gasteiger partial charge is 0.305 e. The zero-order valence-corrected chi connectivity index (χ0v) is 15.9.